The van der Waals surface area contributed by atoms with E-state index in [4.69, 9.17) is 11.8 Å². The van der Waals surface area contributed by atoms with Crippen LogP contribution in [0.1, 0.15) is 24.3 Å². The van der Waals surface area contributed by atoms with Crippen molar-refractivity contribution in [3.05, 3.63) is 29.8 Å². The van der Waals surface area contributed by atoms with E-state index in [0.717, 1.165) is 0 Å². The van der Waals surface area contributed by atoms with Gasteiger partial charge in [0.2, 0.25) is 0 Å². The van der Waals surface area contributed by atoms with Gasteiger partial charge in [-0.3, -0.25) is 0 Å². The highest BCUT2D eigenvalue weighted by Crippen LogP contribution is 2.40. The number of benzene rings is 1. The number of halogens is 1. The van der Waals surface area contributed by atoms with Crippen LogP contribution in [0.25, 0.3) is 0 Å². The summed E-state index contributed by atoms with van der Waals surface area (Å²) in [5.41, 5.74) is 1.21. The highest BCUT2D eigenvalue weighted by Gasteiger charge is 2.23. The maximum Gasteiger partial charge on any atom is 0.253 e. The molecule has 0 bridgehead atoms. The average Bonchev–Trinajstić information content (AvgIpc) is 3.01. The van der Waals surface area contributed by atoms with Crippen molar-refractivity contribution in [1.29, 1.82) is 0 Å². The van der Waals surface area contributed by atoms with Gasteiger partial charge in [0.1, 0.15) is 0 Å². The summed E-state index contributed by atoms with van der Waals surface area (Å²) >= 11 is 5.10. The Hall–Kier alpha value is -0.580. The molecule has 2 rings (SSSR count). The second-order valence-corrected chi connectivity index (χ2v) is 5.52. The van der Waals surface area contributed by atoms with Crippen molar-refractivity contribution in [3.63, 3.8) is 0 Å². The fraction of sp³-hybridized carbons (Fsp3) is 0.333. The van der Waals surface area contributed by atoms with Crippen LogP contribution in [0.5, 0.6) is 0 Å². The topological polar surface area (TPSA) is 46.2 Å². The van der Waals surface area contributed by atoms with E-state index in [-0.39, 0.29) is 4.90 Å². The third-order valence-corrected chi connectivity index (χ3v) is 4.05. The fourth-order valence-electron chi connectivity index (χ4n) is 1.38. The quantitative estimate of drug-likeness (QED) is 0.809. The minimum absolute atomic E-state index is 0.205. The van der Waals surface area contributed by atoms with Crippen LogP contribution < -0.4 is 4.24 Å². The second kappa shape index (κ2) is 3.53. The fourth-order valence-corrected chi connectivity index (χ4v) is 2.23. The Morgan fingerprint density at radius 1 is 1.21 bits per heavy atom. The zero-order valence-electron chi connectivity index (χ0n) is 7.40. The molecule has 0 unspecified atom stereocenters. The van der Waals surface area contributed by atoms with Gasteiger partial charge in [0, 0.05) is 0 Å². The van der Waals surface area contributed by atoms with Gasteiger partial charge in [0.25, 0.3) is 10.0 Å². The molecule has 1 aliphatic rings. The predicted molar refractivity (Wildman–Crippen MR) is 54.6 cm³/mol. The van der Waals surface area contributed by atoms with Crippen molar-refractivity contribution < 1.29 is 8.42 Å². The first-order valence-electron chi connectivity index (χ1n) is 4.36. The molecule has 0 aliphatic heterocycles. The van der Waals surface area contributed by atoms with Crippen LogP contribution in [0.3, 0.4) is 0 Å². The predicted octanol–water partition coefficient (Wildman–Crippen LogP) is 2.00. The van der Waals surface area contributed by atoms with Gasteiger partial charge in [0.15, 0.2) is 0 Å². The van der Waals surface area contributed by atoms with E-state index >= 15 is 0 Å². The van der Waals surface area contributed by atoms with Gasteiger partial charge in [-0.15, -0.1) is 4.24 Å². The molecule has 76 valence electrons. The molecular weight excluding hydrogens is 222 g/mol. The van der Waals surface area contributed by atoms with Crippen LogP contribution in [0.4, 0.5) is 0 Å². The van der Waals surface area contributed by atoms with Crippen LogP contribution >= 0.6 is 11.8 Å². The lowest BCUT2D eigenvalue weighted by Crippen LogP contribution is -2.13. The van der Waals surface area contributed by atoms with Gasteiger partial charge < -0.3 is 0 Å². The third kappa shape index (κ3) is 1.92. The highest BCUT2D eigenvalue weighted by atomic mass is 35.5. The molecule has 1 aromatic rings. The van der Waals surface area contributed by atoms with Crippen LogP contribution in [0.2, 0.25) is 0 Å². The Bertz CT molecular complexity index is 423. The molecule has 1 aromatic carbocycles. The Balaban J connectivity index is 2.29. The monoisotopic (exact) mass is 231 g/mol. The molecule has 1 N–H and O–H groups in total. The van der Waals surface area contributed by atoms with Crippen LogP contribution in [0.15, 0.2) is 29.2 Å². The SMILES string of the molecule is O=S(=O)(NCl)c1ccc(C2CC2)cc1. The summed E-state index contributed by atoms with van der Waals surface area (Å²) in [4.78, 5) is 0.205. The van der Waals surface area contributed by atoms with Crippen molar-refractivity contribution in [3.8, 4) is 0 Å². The Kier molecular flexibility index (Phi) is 2.51. The molecule has 0 heterocycles. The van der Waals surface area contributed by atoms with Crippen molar-refractivity contribution >= 4 is 21.8 Å². The zero-order valence-corrected chi connectivity index (χ0v) is 8.98. The van der Waals surface area contributed by atoms with Gasteiger partial charge in [-0.1, -0.05) is 12.1 Å². The number of nitrogens with one attached hydrogen (secondary N) is 1. The van der Waals surface area contributed by atoms with E-state index in [9.17, 15) is 8.42 Å². The van der Waals surface area contributed by atoms with Gasteiger partial charge >= 0.3 is 0 Å². The van der Waals surface area contributed by atoms with Gasteiger partial charge in [-0.05, 0) is 48.2 Å². The lowest BCUT2D eigenvalue weighted by molar-refractivity contribution is 0.594. The van der Waals surface area contributed by atoms with E-state index in [1.165, 1.54) is 18.4 Å². The van der Waals surface area contributed by atoms with Crippen LogP contribution in [-0.2, 0) is 10.0 Å². The van der Waals surface area contributed by atoms with E-state index in [1.54, 1.807) is 16.4 Å². The van der Waals surface area contributed by atoms with Gasteiger partial charge in [-0.2, -0.15) is 0 Å². The molecule has 14 heavy (non-hydrogen) atoms. The molecule has 1 aliphatic carbocycles. The first-order valence-corrected chi connectivity index (χ1v) is 6.22. The van der Waals surface area contributed by atoms with Crippen LogP contribution in [-0.4, -0.2) is 8.42 Å². The minimum atomic E-state index is -3.50. The summed E-state index contributed by atoms with van der Waals surface area (Å²) in [5.74, 6) is 0.635. The standard InChI is InChI=1S/C9H10ClNO2S/c10-11-14(12,13)9-5-3-8(4-6-9)7-1-2-7/h3-7,11H,1-2H2. The van der Waals surface area contributed by atoms with E-state index in [2.05, 4.69) is 0 Å². The minimum Gasteiger partial charge on any atom is -0.206 e. The number of hydrogen-bond donors (Lipinski definition) is 1. The molecule has 0 spiro atoms. The van der Waals surface area contributed by atoms with E-state index < -0.39 is 10.0 Å². The molecule has 0 aromatic heterocycles. The smallest absolute Gasteiger partial charge is 0.206 e. The first kappa shape index (κ1) is 9.96. The number of rotatable bonds is 3. The van der Waals surface area contributed by atoms with E-state index in [0.29, 0.717) is 5.92 Å². The lowest BCUT2D eigenvalue weighted by atomic mass is 10.1. The molecule has 3 nitrogen and oxygen atoms in total. The first-order chi connectivity index (χ1) is 6.63. The Morgan fingerprint density at radius 3 is 2.21 bits per heavy atom. The van der Waals surface area contributed by atoms with Crippen LogP contribution in [0, 0.1) is 0 Å². The van der Waals surface area contributed by atoms with Crippen molar-refractivity contribution in [2.24, 2.45) is 0 Å². The average molecular weight is 232 g/mol. The van der Waals surface area contributed by atoms with Gasteiger partial charge in [0.05, 0.1) is 4.90 Å². The molecule has 0 radical (unpaired) electrons. The summed E-state index contributed by atoms with van der Waals surface area (Å²) < 4.78 is 24.3. The van der Waals surface area contributed by atoms with Crippen molar-refractivity contribution in [2.75, 3.05) is 0 Å². The summed E-state index contributed by atoms with van der Waals surface area (Å²) in [6.45, 7) is 0. The van der Waals surface area contributed by atoms with Gasteiger partial charge in [-0.25, -0.2) is 8.42 Å². The van der Waals surface area contributed by atoms with E-state index in [1.807, 2.05) is 12.1 Å². The molecule has 1 saturated carbocycles. The van der Waals surface area contributed by atoms with Crippen molar-refractivity contribution in [1.82, 2.24) is 4.24 Å². The summed E-state index contributed by atoms with van der Waals surface area (Å²) in [6.07, 6.45) is 2.42. The largest absolute Gasteiger partial charge is 0.253 e. The van der Waals surface area contributed by atoms with Crippen molar-refractivity contribution in [2.45, 2.75) is 23.7 Å². The summed E-state index contributed by atoms with van der Waals surface area (Å²) in [6, 6.07) is 6.86. The molecule has 0 atom stereocenters. The summed E-state index contributed by atoms with van der Waals surface area (Å²) in [5, 5.41) is 0. The zero-order chi connectivity index (χ0) is 10.2. The molecule has 1 fully saturated rings. The molecular formula is C9H10ClNO2S. The molecule has 5 heteroatoms. The number of sulfonamides is 1. The number of hydrogen-bond acceptors (Lipinski definition) is 2. The summed E-state index contributed by atoms with van der Waals surface area (Å²) in [7, 11) is -3.50. The Labute approximate surface area is 88.2 Å². The Morgan fingerprint density at radius 2 is 1.79 bits per heavy atom. The highest BCUT2D eigenvalue weighted by molar-refractivity contribution is 7.90. The maximum absolute atomic E-state index is 11.3. The molecule has 0 saturated heterocycles. The third-order valence-electron chi connectivity index (χ3n) is 2.34. The molecule has 0 amide bonds. The maximum atomic E-state index is 11.3. The lowest BCUT2D eigenvalue weighted by Gasteiger charge is -2.02. The second-order valence-electron chi connectivity index (χ2n) is 3.42. The normalized spacial score (nSPS) is 16.9.